The van der Waals surface area contributed by atoms with Gasteiger partial charge in [0.05, 0.1) is 33.8 Å². The van der Waals surface area contributed by atoms with E-state index in [-0.39, 0.29) is 0 Å². The van der Waals surface area contributed by atoms with Gasteiger partial charge in [-0.25, -0.2) is 0 Å². The smallest absolute Gasteiger partial charge is 0.135 e. The van der Waals surface area contributed by atoms with Crippen LogP contribution in [0.3, 0.4) is 0 Å². The van der Waals surface area contributed by atoms with Crippen LogP contribution in [0.25, 0.3) is 66.5 Å². The van der Waals surface area contributed by atoms with Gasteiger partial charge in [0, 0.05) is 32.9 Å². The van der Waals surface area contributed by atoms with Crippen LogP contribution >= 0.6 is 0 Å². The summed E-state index contributed by atoms with van der Waals surface area (Å²) in [5, 5.41) is 4.11. The molecular weight excluding hydrogens is 480 g/mol. The minimum Gasteiger partial charge on any atom is -0.456 e. The molecule has 0 aliphatic rings. The number of fused-ring (bicyclic) bond motifs is 5. The van der Waals surface area contributed by atoms with E-state index in [9.17, 15) is 0 Å². The molecule has 0 saturated heterocycles. The molecule has 5 aromatic carbocycles. The topological polar surface area (TPSA) is 75.0 Å². The zero-order chi connectivity index (χ0) is 26.1. The third kappa shape index (κ3) is 3.01. The van der Waals surface area contributed by atoms with E-state index in [2.05, 4.69) is 63.7 Å². The van der Waals surface area contributed by atoms with Gasteiger partial charge < -0.3 is 25.0 Å². The van der Waals surface area contributed by atoms with E-state index in [0.717, 1.165) is 66.5 Å². The predicted octanol–water partition coefficient (Wildman–Crippen LogP) is 8.31. The van der Waals surface area contributed by atoms with Gasteiger partial charge in [-0.15, -0.1) is 0 Å². The highest BCUT2D eigenvalue weighted by Crippen LogP contribution is 2.46. The Balaban J connectivity index is 1.53. The van der Waals surface area contributed by atoms with Crippen LogP contribution < -0.4 is 11.5 Å². The second kappa shape index (κ2) is 8.04. The van der Waals surface area contributed by atoms with E-state index >= 15 is 0 Å². The van der Waals surface area contributed by atoms with Gasteiger partial charge in [0.25, 0.3) is 0 Å². The summed E-state index contributed by atoms with van der Waals surface area (Å²) in [6.45, 7) is 0. The average Bonchev–Trinajstić information content (AvgIpc) is 3.60. The van der Waals surface area contributed by atoms with Crippen molar-refractivity contribution in [2.24, 2.45) is 0 Å². The van der Waals surface area contributed by atoms with Gasteiger partial charge in [-0.3, -0.25) is 0 Å². The van der Waals surface area contributed by atoms with Crippen LogP contribution in [-0.4, -0.2) is 9.13 Å². The first-order valence-electron chi connectivity index (χ1n) is 13.0. The Hall–Kier alpha value is -5.42. The number of para-hydroxylation sites is 4. The van der Waals surface area contributed by atoms with Crippen LogP contribution in [0.4, 0.5) is 11.4 Å². The molecule has 0 fully saturated rings. The number of rotatable bonds is 3. The molecule has 3 aromatic heterocycles. The SMILES string of the molecule is Nc1c(-c2c(N)c3ccccc3n2-c2ccc3oc4ccccc4c3c2)n(-c2ccccc2)c2ccccc12. The summed E-state index contributed by atoms with van der Waals surface area (Å²) in [5.41, 5.74) is 22.9. The van der Waals surface area contributed by atoms with Gasteiger partial charge in [0.1, 0.15) is 11.2 Å². The van der Waals surface area contributed by atoms with Gasteiger partial charge >= 0.3 is 0 Å². The van der Waals surface area contributed by atoms with Crippen molar-refractivity contribution in [3.05, 3.63) is 121 Å². The quantitative estimate of drug-likeness (QED) is 0.254. The Morgan fingerprint density at radius 1 is 0.436 bits per heavy atom. The molecule has 0 radical (unpaired) electrons. The van der Waals surface area contributed by atoms with Gasteiger partial charge in [-0.1, -0.05) is 72.8 Å². The molecule has 0 atom stereocenters. The Morgan fingerprint density at radius 3 is 1.62 bits per heavy atom. The van der Waals surface area contributed by atoms with Crippen molar-refractivity contribution < 1.29 is 4.42 Å². The lowest BCUT2D eigenvalue weighted by molar-refractivity contribution is 0.669. The number of furan rings is 1. The maximum Gasteiger partial charge on any atom is 0.135 e. The van der Waals surface area contributed by atoms with Crippen molar-refractivity contribution in [2.75, 3.05) is 11.5 Å². The van der Waals surface area contributed by atoms with Crippen LogP contribution in [0.1, 0.15) is 0 Å². The molecular formula is C34H24N4O. The lowest BCUT2D eigenvalue weighted by Crippen LogP contribution is -2.05. The Bertz CT molecular complexity index is 2200. The van der Waals surface area contributed by atoms with Crippen molar-refractivity contribution in [1.29, 1.82) is 0 Å². The van der Waals surface area contributed by atoms with E-state index < -0.39 is 0 Å². The van der Waals surface area contributed by atoms with Crippen LogP contribution in [0.5, 0.6) is 0 Å². The summed E-state index contributed by atoms with van der Waals surface area (Å²) in [6, 6.07) is 41.2. The van der Waals surface area contributed by atoms with E-state index in [1.54, 1.807) is 0 Å². The largest absolute Gasteiger partial charge is 0.456 e. The number of nitrogen functional groups attached to an aromatic ring is 2. The fourth-order valence-electron chi connectivity index (χ4n) is 5.96. The third-order valence-corrected chi connectivity index (χ3v) is 7.68. The predicted molar refractivity (Wildman–Crippen MR) is 162 cm³/mol. The summed E-state index contributed by atoms with van der Waals surface area (Å²) in [5.74, 6) is 0. The number of nitrogens with zero attached hydrogens (tertiary/aromatic N) is 2. The number of nitrogens with two attached hydrogens (primary N) is 2. The summed E-state index contributed by atoms with van der Waals surface area (Å²) < 4.78 is 10.6. The molecule has 0 bridgehead atoms. The highest BCUT2D eigenvalue weighted by Gasteiger charge is 2.26. The lowest BCUT2D eigenvalue weighted by Gasteiger charge is -2.16. The van der Waals surface area contributed by atoms with E-state index in [4.69, 9.17) is 15.9 Å². The van der Waals surface area contributed by atoms with Gasteiger partial charge in [0.15, 0.2) is 0 Å². The van der Waals surface area contributed by atoms with Crippen molar-refractivity contribution in [3.63, 3.8) is 0 Å². The van der Waals surface area contributed by atoms with E-state index in [0.29, 0.717) is 11.4 Å². The maximum atomic E-state index is 7.02. The number of hydrogen-bond acceptors (Lipinski definition) is 3. The standard InChI is InChI=1S/C34H24N4O/c35-31-24-13-4-7-15-27(24)37(21-10-2-1-3-11-21)33(31)34-32(36)25-14-5-8-16-28(25)38(34)22-18-19-30-26(20-22)23-12-6-9-17-29(23)39-30/h1-20H,35-36H2. The van der Waals surface area contributed by atoms with Crippen molar-refractivity contribution in [2.45, 2.75) is 0 Å². The summed E-state index contributed by atoms with van der Waals surface area (Å²) in [7, 11) is 0. The Morgan fingerprint density at radius 2 is 0.949 bits per heavy atom. The lowest BCUT2D eigenvalue weighted by atomic mass is 10.1. The zero-order valence-corrected chi connectivity index (χ0v) is 21.0. The van der Waals surface area contributed by atoms with Crippen LogP contribution in [0.15, 0.2) is 126 Å². The summed E-state index contributed by atoms with van der Waals surface area (Å²) in [6.07, 6.45) is 0. The molecule has 0 aliphatic heterocycles. The van der Waals surface area contributed by atoms with Crippen LogP contribution in [-0.2, 0) is 0 Å². The fraction of sp³-hybridized carbons (Fsp3) is 0. The normalized spacial score (nSPS) is 11.8. The highest BCUT2D eigenvalue weighted by atomic mass is 16.3. The first kappa shape index (κ1) is 21.6. The van der Waals surface area contributed by atoms with E-state index in [1.807, 2.05) is 66.7 Å². The van der Waals surface area contributed by atoms with E-state index in [1.165, 1.54) is 0 Å². The molecule has 0 spiro atoms. The monoisotopic (exact) mass is 504 g/mol. The van der Waals surface area contributed by atoms with Gasteiger partial charge in [-0.2, -0.15) is 0 Å². The molecule has 8 rings (SSSR count). The molecule has 0 saturated carbocycles. The Kier molecular flexibility index (Phi) is 4.46. The second-order valence-electron chi connectivity index (χ2n) is 9.84. The number of benzene rings is 5. The molecule has 186 valence electrons. The first-order valence-corrected chi connectivity index (χ1v) is 13.0. The minimum atomic E-state index is 0.689. The minimum absolute atomic E-state index is 0.689. The first-order chi connectivity index (χ1) is 19.2. The van der Waals surface area contributed by atoms with Crippen molar-refractivity contribution in [1.82, 2.24) is 9.13 Å². The molecule has 0 unspecified atom stereocenters. The molecule has 5 nitrogen and oxygen atoms in total. The summed E-state index contributed by atoms with van der Waals surface area (Å²) in [4.78, 5) is 0. The highest BCUT2D eigenvalue weighted by molar-refractivity contribution is 6.10. The fourth-order valence-corrected chi connectivity index (χ4v) is 5.96. The summed E-state index contributed by atoms with van der Waals surface area (Å²) >= 11 is 0. The average molecular weight is 505 g/mol. The zero-order valence-electron chi connectivity index (χ0n) is 21.0. The second-order valence-corrected chi connectivity index (χ2v) is 9.84. The molecule has 0 aliphatic carbocycles. The molecule has 3 heterocycles. The maximum absolute atomic E-state index is 7.02. The third-order valence-electron chi connectivity index (χ3n) is 7.68. The number of hydrogen-bond donors (Lipinski definition) is 2. The Labute approximate surface area is 224 Å². The molecule has 8 aromatic rings. The molecule has 0 amide bonds. The number of aromatic nitrogens is 2. The van der Waals surface area contributed by atoms with Crippen LogP contribution in [0, 0.1) is 0 Å². The van der Waals surface area contributed by atoms with Gasteiger partial charge in [0.2, 0.25) is 0 Å². The van der Waals surface area contributed by atoms with Crippen LogP contribution in [0.2, 0.25) is 0 Å². The molecule has 4 N–H and O–H groups in total. The number of anilines is 2. The van der Waals surface area contributed by atoms with Crippen molar-refractivity contribution >= 4 is 55.1 Å². The van der Waals surface area contributed by atoms with Gasteiger partial charge in [-0.05, 0) is 48.5 Å². The molecule has 39 heavy (non-hydrogen) atoms. The van der Waals surface area contributed by atoms with Crippen molar-refractivity contribution in [3.8, 4) is 22.8 Å². The molecule has 5 heteroatoms.